The highest BCUT2D eigenvalue weighted by molar-refractivity contribution is 14.1. The Morgan fingerprint density at radius 1 is 1.33 bits per heavy atom. The molecule has 4 unspecified atom stereocenters. The summed E-state index contributed by atoms with van der Waals surface area (Å²) in [7, 11) is 0. The fourth-order valence-corrected chi connectivity index (χ4v) is 4.13. The van der Waals surface area contributed by atoms with E-state index in [0.29, 0.717) is 9.34 Å². The van der Waals surface area contributed by atoms with Crippen LogP contribution >= 0.6 is 22.6 Å². The lowest BCUT2D eigenvalue weighted by Crippen LogP contribution is -2.43. The second-order valence-electron chi connectivity index (χ2n) is 5.85. The van der Waals surface area contributed by atoms with Gasteiger partial charge < -0.3 is 4.74 Å². The van der Waals surface area contributed by atoms with E-state index in [9.17, 15) is 4.79 Å². The Labute approximate surface area is 105 Å². The fourth-order valence-electron chi connectivity index (χ4n) is 3.20. The van der Waals surface area contributed by atoms with Gasteiger partial charge in [-0.1, -0.05) is 36.4 Å². The largest absolute Gasteiger partial charge is 0.458 e. The molecule has 0 spiro atoms. The van der Waals surface area contributed by atoms with Crippen molar-refractivity contribution >= 4 is 28.6 Å². The number of ether oxygens (including phenoxy) is 1. The van der Waals surface area contributed by atoms with Crippen molar-refractivity contribution in [2.24, 2.45) is 17.3 Å². The number of hydrogen-bond donors (Lipinski definition) is 0. The van der Waals surface area contributed by atoms with Crippen LogP contribution in [0.25, 0.3) is 0 Å². The lowest BCUT2D eigenvalue weighted by Gasteiger charge is -2.37. The van der Waals surface area contributed by atoms with Crippen LogP contribution < -0.4 is 0 Å². The van der Waals surface area contributed by atoms with Gasteiger partial charge in [-0.2, -0.15) is 0 Å². The highest BCUT2D eigenvalue weighted by atomic mass is 127. The minimum atomic E-state index is -0.235. The van der Waals surface area contributed by atoms with Crippen LogP contribution in [0, 0.1) is 17.3 Å². The van der Waals surface area contributed by atoms with E-state index in [1.54, 1.807) is 0 Å². The molecule has 2 aliphatic rings. The van der Waals surface area contributed by atoms with Crippen LogP contribution in [0.3, 0.4) is 0 Å². The Balaban J connectivity index is 2.12. The standard InChI is InChI=1S/C12H19IO2/c1-7(14)15-12(4)6-9-8(5-10(12)13)11(9,2)3/h8-10H,5-6H2,1-4H3. The molecule has 2 saturated carbocycles. The Kier molecular flexibility index (Phi) is 2.60. The Hall–Kier alpha value is 0.200. The number of fused-ring (bicyclic) bond motifs is 1. The molecule has 15 heavy (non-hydrogen) atoms. The van der Waals surface area contributed by atoms with Gasteiger partial charge in [0.25, 0.3) is 0 Å². The van der Waals surface area contributed by atoms with E-state index in [-0.39, 0.29) is 11.6 Å². The molecular weight excluding hydrogens is 303 g/mol. The van der Waals surface area contributed by atoms with Crippen LogP contribution in [0.2, 0.25) is 0 Å². The van der Waals surface area contributed by atoms with E-state index in [2.05, 4.69) is 43.4 Å². The smallest absolute Gasteiger partial charge is 0.303 e. The summed E-state index contributed by atoms with van der Waals surface area (Å²) in [6, 6.07) is 0. The third kappa shape index (κ3) is 1.81. The molecule has 2 rings (SSSR count). The van der Waals surface area contributed by atoms with Gasteiger partial charge in [0, 0.05) is 6.92 Å². The molecule has 2 aliphatic carbocycles. The molecule has 0 aliphatic heterocycles. The van der Waals surface area contributed by atoms with Crippen molar-refractivity contribution in [3.05, 3.63) is 0 Å². The summed E-state index contributed by atoms with van der Waals surface area (Å²) in [4.78, 5) is 11.1. The molecule has 0 N–H and O–H groups in total. The van der Waals surface area contributed by atoms with Gasteiger partial charge in [0.1, 0.15) is 5.60 Å². The Bertz CT molecular complexity index is 300. The van der Waals surface area contributed by atoms with E-state index < -0.39 is 0 Å². The van der Waals surface area contributed by atoms with E-state index in [1.807, 2.05) is 0 Å². The molecule has 0 aromatic rings. The number of carbonyl (C=O) groups excluding carboxylic acids is 1. The Morgan fingerprint density at radius 3 is 2.47 bits per heavy atom. The zero-order valence-electron chi connectivity index (χ0n) is 9.84. The first kappa shape index (κ1) is 11.7. The molecule has 0 aromatic carbocycles. The van der Waals surface area contributed by atoms with E-state index in [0.717, 1.165) is 18.3 Å². The molecule has 4 atom stereocenters. The summed E-state index contributed by atoms with van der Waals surface area (Å²) in [6.45, 7) is 8.28. The zero-order chi connectivity index (χ0) is 11.4. The predicted molar refractivity (Wildman–Crippen MR) is 68.0 cm³/mol. The number of rotatable bonds is 1. The van der Waals surface area contributed by atoms with Crippen LogP contribution in [0.5, 0.6) is 0 Å². The topological polar surface area (TPSA) is 26.3 Å². The van der Waals surface area contributed by atoms with Gasteiger partial charge in [-0.15, -0.1) is 0 Å². The maximum Gasteiger partial charge on any atom is 0.303 e. The normalized spacial score (nSPS) is 46.9. The molecule has 0 radical (unpaired) electrons. The SMILES string of the molecule is CC(=O)OC1(C)CC2C(CC1I)C2(C)C. The molecule has 0 bridgehead atoms. The highest BCUT2D eigenvalue weighted by Gasteiger charge is 2.64. The number of carbonyl (C=O) groups is 1. The van der Waals surface area contributed by atoms with Crippen LogP contribution in [0.15, 0.2) is 0 Å². The van der Waals surface area contributed by atoms with Gasteiger partial charge in [0.05, 0.1) is 3.92 Å². The predicted octanol–water partition coefficient (Wildman–Crippen LogP) is 3.18. The number of hydrogen-bond acceptors (Lipinski definition) is 2. The highest BCUT2D eigenvalue weighted by Crippen LogP contribution is 2.67. The average Bonchev–Trinajstić information content (AvgIpc) is 2.53. The maximum atomic E-state index is 11.1. The molecule has 3 heteroatoms. The average molecular weight is 322 g/mol. The summed E-state index contributed by atoms with van der Waals surface area (Å²) in [6.07, 6.45) is 2.24. The molecule has 0 amide bonds. The quantitative estimate of drug-likeness (QED) is 0.421. The van der Waals surface area contributed by atoms with Crippen LogP contribution in [0.1, 0.15) is 40.5 Å². The summed E-state index contributed by atoms with van der Waals surface area (Å²) >= 11 is 2.45. The van der Waals surface area contributed by atoms with Gasteiger partial charge in [-0.25, -0.2) is 0 Å². The molecule has 2 fully saturated rings. The fraction of sp³-hybridized carbons (Fsp3) is 0.917. The molecule has 0 aromatic heterocycles. The summed E-state index contributed by atoms with van der Waals surface area (Å²) in [5.74, 6) is 1.46. The van der Waals surface area contributed by atoms with Crippen molar-refractivity contribution < 1.29 is 9.53 Å². The van der Waals surface area contributed by atoms with Crippen LogP contribution in [-0.4, -0.2) is 15.5 Å². The first-order valence-corrected chi connectivity index (χ1v) is 6.85. The number of esters is 1. The molecular formula is C12H19IO2. The van der Waals surface area contributed by atoms with E-state index >= 15 is 0 Å². The lowest BCUT2D eigenvalue weighted by atomic mass is 9.86. The third-order valence-electron chi connectivity index (χ3n) is 4.41. The molecule has 2 nitrogen and oxygen atoms in total. The summed E-state index contributed by atoms with van der Waals surface area (Å²) < 4.78 is 6.00. The van der Waals surface area contributed by atoms with Crippen molar-refractivity contribution in [3.63, 3.8) is 0 Å². The Morgan fingerprint density at radius 2 is 1.93 bits per heavy atom. The minimum absolute atomic E-state index is 0.143. The van der Waals surface area contributed by atoms with Crippen molar-refractivity contribution in [1.82, 2.24) is 0 Å². The van der Waals surface area contributed by atoms with Gasteiger partial charge in [0.2, 0.25) is 0 Å². The van der Waals surface area contributed by atoms with E-state index in [1.165, 1.54) is 13.3 Å². The molecule has 86 valence electrons. The van der Waals surface area contributed by atoms with Crippen LogP contribution in [0.4, 0.5) is 0 Å². The lowest BCUT2D eigenvalue weighted by molar-refractivity contribution is -0.157. The van der Waals surface area contributed by atoms with Crippen molar-refractivity contribution in [2.75, 3.05) is 0 Å². The minimum Gasteiger partial charge on any atom is -0.458 e. The second-order valence-corrected chi connectivity index (χ2v) is 7.35. The van der Waals surface area contributed by atoms with Crippen LogP contribution in [-0.2, 0) is 9.53 Å². The van der Waals surface area contributed by atoms with Gasteiger partial charge in [0.15, 0.2) is 0 Å². The van der Waals surface area contributed by atoms with E-state index in [4.69, 9.17) is 4.74 Å². The zero-order valence-corrected chi connectivity index (χ0v) is 12.0. The molecule has 0 saturated heterocycles. The van der Waals surface area contributed by atoms with Crippen molar-refractivity contribution in [3.8, 4) is 0 Å². The molecule has 0 heterocycles. The van der Waals surface area contributed by atoms with Gasteiger partial charge in [-0.3, -0.25) is 4.79 Å². The third-order valence-corrected chi connectivity index (χ3v) is 6.24. The first-order chi connectivity index (χ1) is 6.77. The maximum absolute atomic E-state index is 11.1. The monoisotopic (exact) mass is 322 g/mol. The summed E-state index contributed by atoms with van der Waals surface area (Å²) in [5.41, 5.74) is 0.239. The van der Waals surface area contributed by atoms with Gasteiger partial charge >= 0.3 is 5.97 Å². The number of alkyl halides is 1. The number of halogens is 1. The second kappa shape index (κ2) is 3.34. The first-order valence-electron chi connectivity index (χ1n) is 5.61. The van der Waals surface area contributed by atoms with Crippen molar-refractivity contribution in [1.29, 1.82) is 0 Å². The van der Waals surface area contributed by atoms with Crippen molar-refractivity contribution in [2.45, 2.75) is 50.1 Å². The van der Waals surface area contributed by atoms with Gasteiger partial charge in [-0.05, 0) is 37.0 Å². The summed E-state index contributed by atoms with van der Waals surface area (Å²) in [5, 5.41) is 0.